The highest BCUT2D eigenvalue weighted by atomic mass is 35.5. The third-order valence-electron chi connectivity index (χ3n) is 10.9. The number of nitrogens with zero attached hydrogens (tertiary/aromatic N) is 4. The van der Waals surface area contributed by atoms with Crippen LogP contribution in [0, 0.1) is 0 Å². The van der Waals surface area contributed by atoms with E-state index in [0.29, 0.717) is 39.3 Å². The lowest BCUT2D eigenvalue weighted by Gasteiger charge is -2.24. The topological polar surface area (TPSA) is 108 Å². The fourth-order valence-electron chi connectivity index (χ4n) is 6.84. The summed E-state index contributed by atoms with van der Waals surface area (Å²) in [6.45, 7) is 8.85. The van der Waals surface area contributed by atoms with Crippen LogP contribution in [-0.2, 0) is 15.0 Å². The van der Waals surface area contributed by atoms with Crippen molar-refractivity contribution in [1.82, 2.24) is 0 Å². The van der Waals surface area contributed by atoms with Crippen LogP contribution < -0.4 is 20.4 Å². The number of amidine groups is 1. The first-order chi connectivity index (χ1) is 29.3. The van der Waals surface area contributed by atoms with Gasteiger partial charge in [-0.25, -0.2) is 0 Å². The summed E-state index contributed by atoms with van der Waals surface area (Å²) in [5.74, 6) is -0.0958. The van der Waals surface area contributed by atoms with Crippen molar-refractivity contribution in [2.24, 2.45) is 15.3 Å². The molecule has 0 aromatic heterocycles. The van der Waals surface area contributed by atoms with Gasteiger partial charge in [0.2, 0.25) is 6.04 Å². The molecule has 0 radical (unpaired) electrons. The molecule has 0 spiro atoms. The number of amides is 2. The first kappa shape index (κ1) is 48.2. The molecule has 4 aromatic carbocycles. The van der Waals surface area contributed by atoms with Crippen molar-refractivity contribution >= 4 is 98.6 Å². The van der Waals surface area contributed by atoms with Crippen LogP contribution in [0.4, 0.5) is 22.7 Å². The minimum atomic E-state index is -1.22. The Balaban J connectivity index is 1.36. The molecule has 0 bridgehead atoms. The third-order valence-corrected chi connectivity index (χ3v) is 12.8. The highest BCUT2D eigenvalue weighted by Crippen LogP contribution is 2.40. The Morgan fingerprint density at radius 3 is 2.13 bits per heavy atom. The summed E-state index contributed by atoms with van der Waals surface area (Å²) in [7, 11) is 0. The smallest absolute Gasteiger partial charge is 0.282 e. The van der Waals surface area contributed by atoms with Crippen LogP contribution in [-0.4, -0.2) is 36.1 Å². The van der Waals surface area contributed by atoms with Crippen molar-refractivity contribution in [1.29, 1.82) is 0 Å². The quantitative estimate of drug-likeness (QED) is 0.0464. The maximum atomic E-state index is 14.0. The average molecular weight is 927 g/mol. The van der Waals surface area contributed by atoms with Gasteiger partial charge in [0.25, 0.3) is 11.8 Å². The van der Waals surface area contributed by atoms with Gasteiger partial charge in [-0.1, -0.05) is 156 Å². The molecule has 1 aliphatic rings. The second-order valence-corrected chi connectivity index (χ2v) is 18.3. The minimum Gasteiger partial charge on any atom is -0.481 e. The van der Waals surface area contributed by atoms with Crippen molar-refractivity contribution in [3.8, 4) is 5.75 Å². The van der Waals surface area contributed by atoms with Crippen LogP contribution in [0.25, 0.3) is 0 Å². The van der Waals surface area contributed by atoms with Crippen molar-refractivity contribution in [2.45, 2.75) is 127 Å². The van der Waals surface area contributed by atoms with Gasteiger partial charge in [-0.15, -0.1) is 16.9 Å². The molecule has 14 heteroatoms. The normalized spacial score (nSPS) is 14.7. The summed E-state index contributed by atoms with van der Waals surface area (Å²) in [4.78, 5) is 29.0. The van der Waals surface area contributed by atoms with Gasteiger partial charge in [-0.3, -0.25) is 9.59 Å². The average Bonchev–Trinajstić information content (AvgIpc) is 3.54. The molecule has 2 N–H and O–H groups in total. The van der Waals surface area contributed by atoms with Gasteiger partial charge in [0.05, 0.1) is 26.4 Å². The Bertz CT molecular complexity index is 2140. The fourth-order valence-corrected chi connectivity index (χ4v) is 8.52. The Morgan fingerprint density at radius 1 is 0.852 bits per heavy atom. The number of hydrazone groups is 1. The monoisotopic (exact) mass is 924 g/mol. The zero-order valence-corrected chi connectivity index (χ0v) is 39.4. The van der Waals surface area contributed by atoms with Gasteiger partial charge in [-0.05, 0) is 91.1 Å². The summed E-state index contributed by atoms with van der Waals surface area (Å²) < 4.78 is 6.41. The van der Waals surface area contributed by atoms with Gasteiger partial charge < -0.3 is 15.4 Å². The molecule has 4 aromatic rings. The van der Waals surface area contributed by atoms with E-state index >= 15 is 0 Å². The number of unbranched alkanes of at least 4 members (excludes halogenated alkanes) is 9. The molecular weight excluding hydrogens is 870 g/mol. The molecule has 326 valence electrons. The van der Waals surface area contributed by atoms with E-state index in [4.69, 9.17) is 51.1 Å². The molecule has 61 heavy (non-hydrogen) atoms. The molecule has 2 atom stereocenters. The molecule has 0 saturated carbocycles. The summed E-state index contributed by atoms with van der Waals surface area (Å²) in [5, 5.41) is 21.7. The number of nitrogens with one attached hydrogen (secondary N) is 2. The van der Waals surface area contributed by atoms with E-state index in [1.165, 1.54) is 74.4 Å². The fraction of sp³-hybridized carbons (Fsp3) is 0.426. The predicted octanol–water partition coefficient (Wildman–Crippen LogP) is 15.3. The number of thioether (sulfide) groups is 1. The SMILES string of the molecule is CCCCCCCCCCCCC(Oc1ccc(C(C)(C)CC)cc1)C(=O)Nc1ccc(Cl)c(NC2=NN(c3c(Cl)cc(Cl)cc3Cl)C(=O)C2N=Nc2ccccc2SC)c1. The predicted molar refractivity (Wildman–Crippen MR) is 257 cm³/mol. The zero-order valence-electron chi connectivity index (χ0n) is 35.6. The molecule has 0 aliphatic carbocycles. The zero-order chi connectivity index (χ0) is 43.9. The highest BCUT2D eigenvalue weighted by Gasteiger charge is 2.40. The third kappa shape index (κ3) is 13.6. The molecule has 0 fully saturated rings. The summed E-state index contributed by atoms with van der Waals surface area (Å²) >= 11 is 27.5. The molecule has 1 heterocycles. The Hall–Kier alpha value is -3.80. The van der Waals surface area contributed by atoms with Gasteiger partial charge in [0, 0.05) is 15.6 Å². The first-order valence-electron chi connectivity index (χ1n) is 21.1. The summed E-state index contributed by atoms with van der Waals surface area (Å²) in [6.07, 6.45) is 14.6. The minimum absolute atomic E-state index is 0.0275. The first-order valence-corrected chi connectivity index (χ1v) is 23.8. The Kier molecular flexibility index (Phi) is 18.7. The second kappa shape index (κ2) is 23.6. The van der Waals surface area contributed by atoms with Gasteiger partial charge in [-0.2, -0.15) is 15.2 Å². The summed E-state index contributed by atoms with van der Waals surface area (Å²) in [6, 6.07) is 22.3. The van der Waals surface area contributed by atoms with Crippen molar-refractivity contribution in [2.75, 3.05) is 21.9 Å². The number of azo groups is 1. The molecule has 2 unspecified atom stereocenters. The number of hydrogen-bond acceptors (Lipinski definition) is 8. The van der Waals surface area contributed by atoms with E-state index in [0.717, 1.165) is 35.6 Å². The molecule has 9 nitrogen and oxygen atoms in total. The molecule has 0 saturated heterocycles. The van der Waals surface area contributed by atoms with E-state index in [9.17, 15) is 9.59 Å². The number of carbonyl (C=O) groups is 2. The lowest BCUT2D eigenvalue weighted by molar-refractivity contribution is -0.123. The molecule has 2 amide bonds. The summed E-state index contributed by atoms with van der Waals surface area (Å²) in [5.41, 5.74) is 2.80. The van der Waals surface area contributed by atoms with Crippen LogP contribution >= 0.6 is 58.2 Å². The van der Waals surface area contributed by atoms with Crippen LogP contribution in [0.3, 0.4) is 0 Å². The standard InChI is InChI=1S/C47H56Cl4N6O3S/c1-6-8-9-10-11-12-13-14-15-16-20-40(60-34-25-22-31(23-26-34)47(3,4)7-2)45(58)52-33-24-27-35(49)39(30-33)53-44-42(55-54-38-19-17-18-21-41(38)61-5)46(59)57(56-44)43-36(50)28-32(48)29-37(43)51/h17-19,21-30,40,42H,6-16,20H2,1-5H3,(H,52,58)(H,53,56). The maximum absolute atomic E-state index is 14.0. The van der Waals surface area contributed by atoms with Gasteiger partial charge in [0.15, 0.2) is 11.9 Å². The molecule has 5 rings (SSSR count). The number of rotatable bonds is 22. The van der Waals surface area contributed by atoms with E-state index in [-0.39, 0.29) is 32.9 Å². The number of hydrogen-bond donors (Lipinski definition) is 2. The number of carbonyl (C=O) groups excluding carboxylic acids is 2. The largest absolute Gasteiger partial charge is 0.481 e. The Labute approximate surface area is 385 Å². The lowest BCUT2D eigenvalue weighted by Crippen LogP contribution is -2.33. The van der Waals surface area contributed by atoms with Crippen LogP contribution in [0.15, 0.2) is 99.1 Å². The molecule has 1 aliphatic heterocycles. The van der Waals surface area contributed by atoms with Gasteiger partial charge in [0.1, 0.15) is 11.4 Å². The number of anilines is 3. The number of benzene rings is 4. The second-order valence-electron chi connectivity index (χ2n) is 15.8. The van der Waals surface area contributed by atoms with Gasteiger partial charge >= 0.3 is 0 Å². The van der Waals surface area contributed by atoms with E-state index in [1.807, 2.05) is 42.7 Å². The van der Waals surface area contributed by atoms with E-state index < -0.39 is 18.1 Å². The van der Waals surface area contributed by atoms with E-state index in [2.05, 4.69) is 65.8 Å². The molecular formula is C47H56Cl4N6O3S. The number of halogens is 4. The van der Waals surface area contributed by atoms with Crippen molar-refractivity contribution < 1.29 is 14.3 Å². The lowest BCUT2D eigenvalue weighted by atomic mass is 9.82. The van der Waals surface area contributed by atoms with E-state index in [1.54, 1.807) is 18.2 Å². The highest BCUT2D eigenvalue weighted by molar-refractivity contribution is 7.98. The maximum Gasteiger partial charge on any atom is 0.282 e. The van der Waals surface area contributed by atoms with Crippen LogP contribution in [0.5, 0.6) is 5.75 Å². The van der Waals surface area contributed by atoms with Crippen molar-refractivity contribution in [3.05, 3.63) is 105 Å². The van der Waals surface area contributed by atoms with Crippen molar-refractivity contribution in [3.63, 3.8) is 0 Å². The number of ether oxygens (including phenoxy) is 1. The Morgan fingerprint density at radius 2 is 1.49 bits per heavy atom. The van der Waals surface area contributed by atoms with Crippen LogP contribution in [0.2, 0.25) is 20.1 Å². The van der Waals surface area contributed by atoms with Crippen LogP contribution in [0.1, 0.15) is 110 Å².